The van der Waals surface area contributed by atoms with Gasteiger partial charge in [-0.1, -0.05) is 45.7 Å². The van der Waals surface area contributed by atoms with Crippen molar-refractivity contribution < 1.29 is 4.84 Å². The standard InChI is InChI=1S/C13H16BrNO/c14-13-9-5-4-6-11(13)10-15-16-12-7-2-1-3-8-12/h4-6,9-10,12H,1-3,7-8H2/b15-10+. The fraction of sp³-hybridized carbons (Fsp3) is 0.462. The third kappa shape index (κ3) is 3.34. The number of nitrogens with zero attached hydrogens (tertiary/aromatic N) is 1. The molecule has 1 aliphatic rings. The Bertz CT molecular complexity index is 359. The van der Waals surface area contributed by atoms with Gasteiger partial charge >= 0.3 is 0 Å². The van der Waals surface area contributed by atoms with Crippen molar-refractivity contribution in [2.24, 2.45) is 5.16 Å². The number of rotatable bonds is 3. The van der Waals surface area contributed by atoms with Gasteiger partial charge in [-0.05, 0) is 31.7 Å². The highest BCUT2D eigenvalue weighted by molar-refractivity contribution is 9.10. The van der Waals surface area contributed by atoms with Gasteiger partial charge < -0.3 is 4.84 Å². The van der Waals surface area contributed by atoms with Crippen molar-refractivity contribution in [3.05, 3.63) is 34.3 Å². The summed E-state index contributed by atoms with van der Waals surface area (Å²) in [5, 5.41) is 4.07. The predicted molar refractivity (Wildman–Crippen MR) is 69.7 cm³/mol. The Hall–Kier alpha value is -0.830. The molecule has 1 fully saturated rings. The Morgan fingerprint density at radius 2 is 1.94 bits per heavy atom. The van der Waals surface area contributed by atoms with Crippen LogP contribution in [0.3, 0.4) is 0 Å². The normalized spacial score (nSPS) is 17.8. The van der Waals surface area contributed by atoms with Crippen molar-refractivity contribution in [3.8, 4) is 0 Å². The largest absolute Gasteiger partial charge is 0.393 e. The Labute approximate surface area is 105 Å². The molecule has 0 radical (unpaired) electrons. The first-order chi connectivity index (χ1) is 7.86. The number of benzene rings is 1. The number of hydrogen-bond acceptors (Lipinski definition) is 2. The highest BCUT2D eigenvalue weighted by Gasteiger charge is 2.13. The van der Waals surface area contributed by atoms with E-state index in [1.54, 1.807) is 6.21 Å². The zero-order valence-electron chi connectivity index (χ0n) is 9.23. The Morgan fingerprint density at radius 1 is 1.19 bits per heavy atom. The lowest BCUT2D eigenvalue weighted by atomic mass is 9.98. The highest BCUT2D eigenvalue weighted by atomic mass is 79.9. The Kier molecular flexibility index (Phi) is 4.40. The fourth-order valence-electron chi connectivity index (χ4n) is 1.92. The van der Waals surface area contributed by atoms with Crippen LogP contribution in [0, 0.1) is 0 Å². The van der Waals surface area contributed by atoms with Crippen LogP contribution in [-0.4, -0.2) is 12.3 Å². The molecule has 2 rings (SSSR count). The summed E-state index contributed by atoms with van der Waals surface area (Å²) in [6.45, 7) is 0. The maximum atomic E-state index is 5.49. The lowest BCUT2D eigenvalue weighted by molar-refractivity contribution is 0.0340. The van der Waals surface area contributed by atoms with Gasteiger partial charge in [-0.3, -0.25) is 0 Å². The summed E-state index contributed by atoms with van der Waals surface area (Å²) >= 11 is 3.48. The fourth-order valence-corrected chi connectivity index (χ4v) is 2.31. The van der Waals surface area contributed by atoms with Crippen molar-refractivity contribution in [2.75, 3.05) is 0 Å². The first-order valence-corrected chi connectivity index (χ1v) is 6.59. The third-order valence-corrected chi connectivity index (χ3v) is 3.58. The van der Waals surface area contributed by atoms with Crippen LogP contribution in [0.4, 0.5) is 0 Å². The Morgan fingerprint density at radius 3 is 2.69 bits per heavy atom. The molecule has 0 atom stereocenters. The number of halogens is 1. The van der Waals surface area contributed by atoms with E-state index in [9.17, 15) is 0 Å². The van der Waals surface area contributed by atoms with Gasteiger partial charge in [-0.15, -0.1) is 0 Å². The lowest BCUT2D eigenvalue weighted by Crippen LogP contribution is -2.13. The third-order valence-electron chi connectivity index (χ3n) is 2.86. The number of oxime groups is 1. The van der Waals surface area contributed by atoms with E-state index in [0.29, 0.717) is 6.10 Å². The van der Waals surface area contributed by atoms with E-state index in [0.717, 1.165) is 22.9 Å². The van der Waals surface area contributed by atoms with Crippen LogP contribution in [-0.2, 0) is 4.84 Å². The van der Waals surface area contributed by atoms with E-state index in [-0.39, 0.29) is 0 Å². The quantitative estimate of drug-likeness (QED) is 0.603. The minimum Gasteiger partial charge on any atom is -0.393 e. The van der Waals surface area contributed by atoms with Gasteiger partial charge in [0.05, 0.1) is 6.21 Å². The van der Waals surface area contributed by atoms with Gasteiger partial charge in [0.1, 0.15) is 6.10 Å². The molecule has 2 nitrogen and oxygen atoms in total. The van der Waals surface area contributed by atoms with E-state index in [2.05, 4.69) is 21.1 Å². The summed E-state index contributed by atoms with van der Waals surface area (Å²) in [5.41, 5.74) is 1.05. The molecule has 0 heterocycles. The monoisotopic (exact) mass is 281 g/mol. The molecule has 1 saturated carbocycles. The average molecular weight is 282 g/mol. The zero-order valence-corrected chi connectivity index (χ0v) is 10.8. The maximum absolute atomic E-state index is 5.49. The van der Waals surface area contributed by atoms with Gasteiger partial charge in [-0.25, -0.2) is 0 Å². The molecular formula is C13H16BrNO. The van der Waals surface area contributed by atoms with E-state index in [1.165, 1.54) is 19.3 Å². The molecule has 3 heteroatoms. The molecule has 0 aliphatic heterocycles. The second kappa shape index (κ2) is 6.04. The van der Waals surface area contributed by atoms with Crippen LogP contribution in [0.25, 0.3) is 0 Å². The average Bonchev–Trinajstić information content (AvgIpc) is 2.33. The first-order valence-electron chi connectivity index (χ1n) is 5.80. The topological polar surface area (TPSA) is 21.6 Å². The smallest absolute Gasteiger partial charge is 0.127 e. The van der Waals surface area contributed by atoms with Crippen molar-refractivity contribution in [3.63, 3.8) is 0 Å². The molecule has 1 aromatic carbocycles. The molecule has 0 unspecified atom stereocenters. The van der Waals surface area contributed by atoms with E-state index < -0.39 is 0 Å². The number of hydrogen-bond donors (Lipinski definition) is 0. The molecule has 0 bridgehead atoms. The van der Waals surface area contributed by atoms with Crippen molar-refractivity contribution in [1.82, 2.24) is 0 Å². The van der Waals surface area contributed by atoms with Crippen LogP contribution >= 0.6 is 15.9 Å². The molecule has 0 saturated heterocycles. The summed E-state index contributed by atoms with van der Waals surface area (Å²) in [4.78, 5) is 5.49. The SMILES string of the molecule is Brc1ccccc1/C=N/OC1CCCCC1. The van der Waals surface area contributed by atoms with Crippen LogP contribution in [0.2, 0.25) is 0 Å². The van der Waals surface area contributed by atoms with Gasteiger partial charge in [-0.2, -0.15) is 0 Å². The maximum Gasteiger partial charge on any atom is 0.127 e. The van der Waals surface area contributed by atoms with Crippen molar-refractivity contribution in [2.45, 2.75) is 38.2 Å². The van der Waals surface area contributed by atoms with Crippen LogP contribution in [0.5, 0.6) is 0 Å². The second-order valence-corrected chi connectivity index (χ2v) is 4.98. The summed E-state index contributed by atoms with van der Waals surface area (Å²) in [7, 11) is 0. The molecular weight excluding hydrogens is 266 g/mol. The molecule has 16 heavy (non-hydrogen) atoms. The molecule has 0 N–H and O–H groups in total. The Balaban J connectivity index is 1.87. The van der Waals surface area contributed by atoms with Gasteiger partial charge in [0.2, 0.25) is 0 Å². The van der Waals surface area contributed by atoms with Crippen LogP contribution in [0.1, 0.15) is 37.7 Å². The summed E-state index contributed by atoms with van der Waals surface area (Å²) in [6, 6.07) is 8.00. The summed E-state index contributed by atoms with van der Waals surface area (Å²) < 4.78 is 1.05. The van der Waals surface area contributed by atoms with E-state index in [1.807, 2.05) is 24.3 Å². The molecule has 1 aliphatic carbocycles. The summed E-state index contributed by atoms with van der Waals surface area (Å²) in [5.74, 6) is 0. The van der Waals surface area contributed by atoms with Gasteiger partial charge in [0.15, 0.2) is 0 Å². The predicted octanol–water partition coefficient (Wildman–Crippen LogP) is 4.13. The minimum absolute atomic E-state index is 0.326. The highest BCUT2D eigenvalue weighted by Crippen LogP contribution is 2.20. The molecule has 86 valence electrons. The minimum atomic E-state index is 0.326. The zero-order chi connectivity index (χ0) is 11.2. The molecule has 0 aromatic heterocycles. The van der Waals surface area contributed by atoms with E-state index in [4.69, 9.17) is 4.84 Å². The van der Waals surface area contributed by atoms with Gasteiger partial charge in [0.25, 0.3) is 0 Å². The van der Waals surface area contributed by atoms with E-state index >= 15 is 0 Å². The van der Waals surface area contributed by atoms with Crippen molar-refractivity contribution in [1.29, 1.82) is 0 Å². The van der Waals surface area contributed by atoms with Gasteiger partial charge in [0, 0.05) is 10.0 Å². The molecule has 0 spiro atoms. The first kappa shape index (κ1) is 11.6. The lowest BCUT2D eigenvalue weighted by Gasteiger charge is -2.18. The van der Waals surface area contributed by atoms with Crippen LogP contribution < -0.4 is 0 Å². The summed E-state index contributed by atoms with van der Waals surface area (Å²) in [6.07, 6.45) is 8.28. The molecule has 0 amide bonds. The van der Waals surface area contributed by atoms with Crippen LogP contribution in [0.15, 0.2) is 33.9 Å². The van der Waals surface area contributed by atoms with Crippen molar-refractivity contribution >= 4 is 22.1 Å². The molecule has 1 aromatic rings. The second-order valence-electron chi connectivity index (χ2n) is 4.12.